The van der Waals surface area contributed by atoms with Crippen molar-refractivity contribution in [3.63, 3.8) is 0 Å². The third-order valence-electron chi connectivity index (χ3n) is 2.02. The zero-order valence-electron chi connectivity index (χ0n) is 9.19. The molecule has 1 amide bonds. The maximum Gasteiger partial charge on any atom is 0.230 e. The molecule has 0 saturated heterocycles. The maximum absolute atomic E-state index is 11.5. The van der Waals surface area contributed by atoms with Gasteiger partial charge < -0.3 is 16.3 Å². The number of nitrogens with two attached hydrogens (primary N) is 1. The smallest absolute Gasteiger partial charge is 0.230 e. The molecule has 1 atom stereocenters. The summed E-state index contributed by atoms with van der Waals surface area (Å²) in [6.07, 6.45) is 3.48. The summed E-state index contributed by atoms with van der Waals surface area (Å²) in [7, 11) is 0. The Labute approximate surface area is 94.5 Å². The largest absolute Gasteiger partial charge is 0.409 e. The van der Waals surface area contributed by atoms with E-state index in [1.165, 1.54) is 0 Å². The van der Waals surface area contributed by atoms with Gasteiger partial charge >= 0.3 is 0 Å². The van der Waals surface area contributed by atoms with E-state index in [2.05, 4.69) is 10.5 Å². The molecule has 0 radical (unpaired) electrons. The summed E-state index contributed by atoms with van der Waals surface area (Å²) in [6.45, 7) is 2.46. The van der Waals surface area contributed by atoms with Crippen LogP contribution in [-0.2, 0) is 4.79 Å². The van der Waals surface area contributed by atoms with Crippen LogP contribution in [0.3, 0.4) is 0 Å². The van der Waals surface area contributed by atoms with Crippen molar-refractivity contribution in [3.8, 4) is 0 Å². The van der Waals surface area contributed by atoms with Gasteiger partial charge in [-0.25, -0.2) is 0 Å². The first-order valence-electron chi connectivity index (χ1n) is 4.91. The van der Waals surface area contributed by atoms with Gasteiger partial charge in [0.05, 0.1) is 5.92 Å². The van der Waals surface area contributed by atoms with Crippen molar-refractivity contribution in [1.82, 2.24) is 5.32 Å². The number of oxime groups is 1. The zero-order valence-corrected chi connectivity index (χ0v) is 10.0. The van der Waals surface area contributed by atoms with Crippen LogP contribution in [0.25, 0.3) is 0 Å². The van der Waals surface area contributed by atoms with Crippen LogP contribution in [0.5, 0.6) is 0 Å². The van der Waals surface area contributed by atoms with Gasteiger partial charge in [-0.1, -0.05) is 12.1 Å². The van der Waals surface area contributed by atoms with E-state index in [9.17, 15) is 4.79 Å². The van der Waals surface area contributed by atoms with Gasteiger partial charge in [0.2, 0.25) is 5.91 Å². The average Bonchev–Trinajstić information content (AvgIpc) is 2.25. The lowest BCUT2D eigenvalue weighted by Gasteiger charge is -2.12. The summed E-state index contributed by atoms with van der Waals surface area (Å²) in [5.41, 5.74) is 5.39. The Morgan fingerprint density at radius 1 is 1.67 bits per heavy atom. The number of carbonyl (C=O) groups is 1. The van der Waals surface area contributed by atoms with E-state index >= 15 is 0 Å². The zero-order chi connectivity index (χ0) is 11.7. The van der Waals surface area contributed by atoms with Gasteiger partial charge in [-0.05, 0) is 24.9 Å². The highest BCUT2D eigenvalue weighted by molar-refractivity contribution is 7.98. The number of hydrogen-bond acceptors (Lipinski definition) is 4. The van der Waals surface area contributed by atoms with Crippen LogP contribution in [0.15, 0.2) is 5.16 Å². The summed E-state index contributed by atoms with van der Waals surface area (Å²) in [6, 6.07) is 0. The van der Waals surface area contributed by atoms with Crippen LogP contribution in [0.2, 0.25) is 0 Å². The second-order valence-electron chi connectivity index (χ2n) is 3.12. The normalized spacial score (nSPS) is 13.6. The first-order valence-corrected chi connectivity index (χ1v) is 6.30. The molecule has 0 spiro atoms. The highest BCUT2D eigenvalue weighted by Gasteiger charge is 2.20. The van der Waals surface area contributed by atoms with Crippen molar-refractivity contribution in [2.45, 2.75) is 19.8 Å². The molecule has 88 valence electrons. The van der Waals surface area contributed by atoms with Gasteiger partial charge in [0.15, 0.2) is 5.84 Å². The monoisotopic (exact) mass is 233 g/mol. The van der Waals surface area contributed by atoms with Crippen LogP contribution in [-0.4, -0.2) is 35.5 Å². The molecule has 0 bridgehead atoms. The predicted molar refractivity (Wildman–Crippen MR) is 63.2 cm³/mol. The van der Waals surface area contributed by atoms with Crippen molar-refractivity contribution in [2.75, 3.05) is 18.6 Å². The minimum absolute atomic E-state index is 0.0279. The van der Waals surface area contributed by atoms with Crippen molar-refractivity contribution in [3.05, 3.63) is 0 Å². The number of hydrogen-bond donors (Lipinski definition) is 3. The number of amides is 1. The first-order chi connectivity index (χ1) is 7.17. The van der Waals surface area contributed by atoms with E-state index in [0.29, 0.717) is 13.0 Å². The summed E-state index contributed by atoms with van der Waals surface area (Å²) in [5, 5.41) is 14.1. The average molecular weight is 233 g/mol. The van der Waals surface area contributed by atoms with Crippen LogP contribution >= 0.6 is 11.8 Å². The molecule has 0 aromatic carbocycles. The molecule has 0 aliphatic rings. The van der Waals surface area contributed by atoms with Gasteiger partial charge in [-0.2, -0.15) is 11.8 Å². The van der Waals surface area contributed by atoms with Crippen molar-refractivity contribution in [1.29, 1.82) is 0 Å². The number of rotatable bonds is 7. The summed E-state index contributed by atoms with van der Waals surface area (Å²) in [4.78, 5) is 11.5. The Morgan fingerprint density at radius 2 is 2.33 bits per heavy atom. The molecule has 4 N–H and O–H groups in total. The molecular formula is C9H19N3O2S. The van der Waals surface area contributed by atoms with Gasteiger partial charge in [0.1, 0.15) is 0 Å². The van der Waals surface area contributed by atoms with Gasteiger partial charge in [0, 0.05) is 6.54 Å². The molecule has 0 aliphatic heterocycles. The van der Waals surface area contributed by atoms with E-state index in [1.54, 1.807) is 11.8 Å². The Bertz CT molecular complexity index is 221. The minimum Gasteiger partial charge on any atom is -0.409 e. The van der Waals surface area contributed by atoms with Crippen LogP contribution in [0.4, 0.5) is 0 Å². The molecule has 6 heteroatoms. The summed E-state index contributed by atoms with van der Waals surface area (Å²) >= 11 is 1.74. The van der Waals surface area contributed by atoms with Gasteiger partial charge in [-0.15, -0.1) is 0 Å². The van der Waals surface area contributed by atoms with Crippen LogP contribution in [0, 0.1) is 5.92 Å². The Morgan fingerprint density at radius 3 is 2.80 bits per heavy atom. The highest BCUT2D eigenvalue weighted by atomic mass is 32.2. The van der Waals surface area contributed by atoms with Gasteiger partial charge in [0.25, 0.3) is 0 Å². The van der Waals surface area contributed by atoms with E-state index < -0.39 is 5.92 Å². The van der Waals surface area contributed by atoms with E-state index in [1.807, 2.05) is 13.2 Å². The molecule has 0 saturated carbocycles. The number of thioether (sulfide) groups is 1. The lowest BCUT2D eigenvalue weighted by atomic mass is 10.0. The Kier molecular flexibility index (Phi) is 7.89. The number of carbonyl (C=O) groups excluding carboxylic acids is 1. The van der Waals surface area contributed by atoms with Crippen LogP contribution < -0.4 is 11.1 Å². The number of nitrogens with one attached hydrogen (secondary N) is 1. The fraction of sp³-hybridized carbons (Fsp3) is 0.778. The van der Waals surface area contributed by atoms with E-state index in [4.69, 9.17) is 10.9 Å². The fourth-order valence-corrected chi connectivity index (χ4v) is 1.58. The molecule has 5 nitrogen and oxygen atoms in total. The SMILES string of the molecule is CCC(C(=O)NCCCSC)C(N)=NO. The maximum atomic E-state index is 11.5. The lowest BCUT2D eigenvalue weighted by Crippen LogP contribution is -2.39. The Hall–Kier alpha value is -0.910. The molecule has 0 aromatic rings. The third-order valence-corrected chi connectivity index (χ3v) is 2.72. The number of nitrogens with zero attached hydrogens (tertiary/aromatic N) is 1. The highest BCUT2D eigenvalue weighted by Crippen LogP contribution is 2.03. The lowest BCUT2D eigenvalue weighted by molar-refractivity contribution is -0.123. The van der Waals surface area contributed by atoms with Gasteiger partial charge in [-0.3, -0.25) is 4.79 Å². The van der Waals surface area contributed by atoms with Crippen molar-refractivity contribution in [2.24, 2.45) is 16.8 Å². The molecule has 0 heterocycles. The second-order valence-corrected chi connectivity index (χ2v) is 4.11. The molecule has 0 fully saturated rings. The third kappa shape index (κ3) is 5.51. The molecule has 15 heavy (non-hydrogen) atoms. The fourth-order valence-electron chi connectivity index (χ4n) is 1.15. The molecule has 0 aromatic heterocycles. The quantitative estimate of drug-likeness (QED) is 0.198. The topological polar surface area (TPSA) is 87.7 Å². The molecule has 1 unspecified atom stereocenters. The Balaban J connectivity index is 3.95. The van der Waals surface area contributed by atoms with E-state index in [-0.39, 0.29) is 11.7 Å². The number of amidine groups is 1. The van der Waals surface area contributed by atoms with E-state index in [0.717, 1.165) is 12.2 Å². The van der Waals surface area contributed by atoms with Crippen molar-refractivity contribution < 1.29 is 10.0 Å². The summed E-state index contributed by atoms with van der Waals surface area (Å²) in [5.74, 6) is 0.290. The van der Waals surface area contributed by atoms with Crippen molar-refractivity contribution >= 4 is 23.5 Å². The first kappa shape index (κ1) is 14.1. The molecular weight excluding hydrogens is 214 g/mol. The minimum atomic E-state index is -0.524. The molecule has 0 aliphatic carbocycles. The van der Waals surface area contributed by atoms with Crippen LogP contribution in [0.1, 0.15) is 19.8 Å². The predicted octanol–water partition coefficient (Wildman–Crippen LogP) is 0.628. The standard InChI is InChI=1S/C9H19N3O2S/c1-3-7(8(10)12-14)9(13)11-5-4-6-15-2/h7,14H,3-6H2,1-2H3,(H2,10,12)(H,11,13). The molecule has 0 rings (SSSR count). The second kappa shape index (κ2) is 8.40. The summed E-state index contributed by atoms with van der Waals surface area (Å²) < 4.78 is 0.